The molecule has 1 atom stereocenters. The summed E-state index contributed by atoms with van der Waals surface area (Å²) in [4.78, 5) is 24.4. The molecule has 1 aromatic carbocycles. The number of carbonyl (C=O) groups is 1. The Balaban J connectivity index is 2.37. The first-order chi connectivity index (χ1) is 9.04. The minimum Gasteiger partial charge on any atom is -0.394 e. The summed E-state index contributed by atoms with van der Waals surface area (Å²) in [6, 6.07) is 4.27. The third kappa shape index (κ3) is 2.58. The fourth-order valence-corrected chi connectivity index (χ4v) is 2.43. The number of carbonyl (C=O) groups excluding carboxylic acids is 1. The van der Waals surface area contributed by atoms with Crippen LogP contribution in [-0.2, 0) is 0 Å². The highest BCUT2D eigenvalue weighted by Crippen LogP contribution is 2.25. The van der Waals surface area contributed by atoms with Gasteiger partial charge in [0.05, 0.1) is 17.6 Å². The summed E-state index contributed by atoms with van der Waals surface area (Å²) < 4.78 is 0. The van der Waals surface area contributed by atoms with Crippen molar-refractivity contribution < 1.29 is 14.8 Å². The molecule has 102 valence electrons. The molecule has 19 heavy (non-hydrogen) atoms. The predicted octanol–water partition coefficient (Wildman–Crippen LogP) is 1.50. The number of hydrogen-bond acceptors (Lipinski definition) is 4. The maximum Gasteiger partial charge on any atom is 0.282 e. The molecule has 6 nitrogen and oxygen atoms in total. The van der Waals surface area contributed by atoms with E-state index < -0.39 is 4.92 Å². The smallest absolute Gasteiger partial charge is 0.282 e. The first-order valence-corrected chi connectivity index (χ1v) is 6.21. The minimum atomic E-state index is -0.545. The van der Waals surface area contributed by atoms with E-state index in [-0.39, 0.29) is 29.8 Å². The predicted molar refractivity (Wildman–Crippen MR) is 69.0 cm³/mol. The maximum absolute atomic E-state index is 12.4. The Morgan fingerprint density at radius 1 is 1.58 bits per heavy atom. The van der Waals surface area contributed by atoms with E-state index in [0.717, 1.165) is 18.4 Å². The van der Waals surface area contributed by atoms with Crippen molar-refractivity contribution in [1.29, 1.82) is 0 Å². The van der Waals surface area contributed by atoms with Crippen LogP contribution in [0.2, 0.25) is 0 Å². The summed E-state index contributed by atoms with van der Waals surface area (Å²) in [7, 11) is 0. The van der Waals surface area contributed by atoms with E-state index in [1.807, 2.05) is 0 Å². The lowest BCUT2D eigenvalue weighted by atomic mass is 10.1. The normalized spacial score (nSPS) is 18.6. The van der Waals surface area contributed by atoms with Crippen molar-refractivity contribution in [3.8, 4) is 0 Å². The summed E-state index contributed by atoms with van der Waals surface area (Å²) in [5.41, 5.74) is 0.721. The minimum absolute atomic E-state index is 0.102. The molecule has 0 aliphatic carbocycles. The third-order valence-electron chi connectivity index (χ3n) is 3.43. The van der Waals surface area contributed by atoms with Gasteiger partial charge in [0.15, 0.2) is 0 Å². The molecule has 1 fully saturated rings. The van der Waals surface area contributed by atoms with Crippen molar-refractivity contribution in [3.63, 3.8) is 0 Å². The van der Waals surface area contributed by atoms with Gasteiger partial charge in [0.2, 0.25) is 0 Å². The summed E-state index contributed by atoms with van der Waals surface area (Å²) in [6.45, 7) is 2.22. The van der Waals surface area contributed by atoms with Gasteiger partial charge in [-0.3, -0.25) is 14.9 Å². The van der Waals surface area contributed by atoms with Crippen molar-refractivity contribution in [3.05, 3.63) is 39.4 Å². The molecule has 2 rings (SSSR count). The van der Waals surface area contributed by atoms with Crippen molar-refractivity contribution in [2.75, 3.05) is 13.2 Å². The van der Waals surface area contributed by atoms with Crippen LogP contribution in [-0.4, -0.2) is 40.0 Å². The molecule has 1 N–H and O–H groups in total. The molecule has 1 amide bonds. The second-order valence-electron chi connectivity index (χ2n) is 4.75. The van der Waals surface area contributed by atoms with Gasteiger partial charge >= 0.3 is 0 Å². The molecular formula is C13H16N2O4. The van der Waals surface area contributed by atoms with Gasteiger partial charge in [0.1, 0.15) is 5.56 Å². The van der Waals surface area contributed by atoms with Crippen molar-refractivity contribution in [2.45, 2.75) is 25.8 Å². The molecule has 0 aromatic heterocycles. The molecule has 0 saturated carbocycles. The molecule has 1 saturated heterocycles. The summed E-state index contributed by atoms with van der Waals surface area (Å²) in [5, 5.41) is 20.2. The topological polar surface area (TPSA) is 83.7 Å². The van der Waals surface area contributed by atoms with E-state index in [0.29, 0.717) is 6.54 Å². The van der Waals surface area contributed by atoms with Gasteiger partial charge in [-0.1, -0.05) is 6.07 Å². The highest BCUT2D eigenvalue weighted by molar-refractivity contribution is 5.98. The van der Waals surface area contributed by atoms with E-state index in [1.54, 1.807) is 13.0 Å². The number of nitro groups is 1. The Kier molecular flexibility index (Phi) is 3.80. The van der Waals surface area contributed by atoms with E-state index >= 15 is 0 Å². The van der Waals surface area contributed by atoms with Crippen LogP contribution in [0.3, 0.4) is 0 Å². The van der Waals surface area contributed by atoms with Gasteiger partial charge in [-0.15, -0.1) is 0 Å². The Hall–Kier alpha value is -1.95. The molecule has 1 heterocycles. The van der Waals surface area contributed by atoms with Crippen LogP contribution in [0.1, 0.15) is 28.8 Å². The second-order valence-corrected chi connectivity index (χ2v) is 4.75. The van der Waals surface area contributed by atoms with Crippen LogP contribution in [0.5, 0.6) is 0 Å². The van der Waals surface area contributed by atoms with Gasteiger partial charge < -0.3 is 10.0 Å². The molecule has 0 unspecified atom stereocenters. The zero-order valence-electron chi connectivity index (χ0n) is 10.7. The number of aliphatic hydroxyl groups is 1. The van der Waals surface area contributed by atoms with E-state index in [9.17, 15) is 20.0 Å². The zero-order valence-corrected chi connectivity index (χ0v) is 10.7. The van der Waals surface area contributed by atoms with E-state index in [4.69, 9.17) is 0 Å². The number of nitrogens with zero attached hydrogens (tertiary/aromatic N) is 2. The van der Waals surface area contributed by atoms with Crippen LogP contribution >= 0.6 is 0 Å². The molecule has 1 aliphatic rings. The van der Waals surface area contributed by atoms with Crippen LogP contribution in [0.15, 0.2) is 18.2 Å². The molecule has 0 spiro atoms. The lowest BCUT2D eigenvalue weighted by molar-refractivity contribution is -0.385. The van der Waals surface area contributed by atoms with Crippen LogP contribution in [0, 0.1) is 17.0 Å². The number of rotatable bonds is 3. The number of aliphatic hydroxyl groups excluding tert-OH is 1. The molecule has 0 radical (unpaired) electrons. The number of benzene rings is 1. The summed E-state index contributed by atoms with van der Waals surface area (Å²) in [5.74, 6) is -0.369. The fraction of sp³-hybridized carbons (Fsp3) is 0.462. The number of hydrogen-bond donors (Lipinski definition) is 1. The zero-order chi connectivity index (χ0) is 14.0. The lowest BCUT2D eigenvalue weighted by Gasteiger charge is -2.23. The number of nitro benzene ring substituents is 1. The quantitative estimate of drug-likeness (QED) is 0.662. The van der Waals surface area contributed by atoms with Crippen molar-refractivity contribution in [1.82, 2.24) is 4.90 Å². The SMILES string of the molecule is Cc1ccc([N+](=O)[O-])c(C(=O)N2CCC[C@H]2CO)c1. The highest BCUT2D eigenvalue weighted by atomic mass is 16.6. The standard InChI is InChI=1S/C13H16N2O4/c1-9-4-5-12(15(18)19)11(7-9)13(17)14-6-2-3-10(14)8-16/h4-5,7,10,16H,2-3,6,8H2,1H3/t10-/m0/s1. The Bertz CT molecular complexity index is 515. The first kappa shape index (κ1) is 13.5. The second kappa shape index (κ2) is 5.36. The third-order valence-corrected chi connectivity index (χ3v) is 3.43. The van der Waals surface area contributed by atoms with Gasteiger partial charge in [-0.05, 0) is 31.4 Å². The van der Waals surface area contributed by atoms with Crippen LogP contribution < -0.4 is 0 Å². The van der Waals surface area contributed by atoms with E-state index in [2.05, 4.69) is 0 Å². The van der Waals surface area contributed by atoms with Gasteiger partial charge in [0.25, 0.3) is 11.6 Å². The van der Waals surface area contributed by atoms with Crippen LogP contribution in [0.4, 0.5) is 5.69 Å². The van der Waals surface area contributed by atoms with Crippen molar-refractivity contribution >= 4 is 11.6 Å². The Morgan fingerprint density at radius 2 is 2.32 bits per heavy atom. The summed E-state index contributed by atoms with van der Waals surface area (Å²) in [6.07, 6.45) is 1.55. The van der Waals surface area contributed by atoms with Crippen molar-refractivity contribution in [2.24, 2.45) is 0 Å². The van der Waals surface area contributed by atoms with E-state index in [1.165, 1.54) is 17.0 Å². The molecular weight excluding hydrogens is 248 g/mol. The fourth-order valence-electron chi connectivity index (χ4n) is 2.43. The first-order valence-electron chi connectivity index (χ1n) is 6.21. The monoisotopic (exact) mass is 264 g/mol. The van der Waals surface area contributed by atoms with Gasteiger partial charge in [-0.2, -0.15) is 0 Å². The molecule has 1 aromatic rings. The Morgan fingerprint density at radius 3 is 2.95 bits per heavy atom. The molecule has 6 heteroatoms. The summed E-state index contributed by atoms with van der Waals surface area (Å²) >= 11 is 0. The molecule has 0 bridgehead atoms. The van der Waals surface area contributed by atoms with Gasteiger partial charge in [-0.25, -0.2) is 0 Å². The largest absolute Gasteiger partial charge is 0.394 e. The van der Waals surface area contributed by atoms with Gasteiger partial charge in [0, 0.05) is 12.6 Å². The highest BCUT2D eigenvalue weighted by Gasteiger charge is 2.32. The average Bonchev–Trinajstić information content (AvgIpc) is 2.85. The Labute approximate surface area is 110 Å². The lowest BCUT2D eigenvalue weighted by Crippen LogP contribution is -2.37. The number of likely N-dealkylation sites (tertiary alicyclic amines) is 1. The average molecular weight is 264 g/mol. The maximum atomic E-state index is 12.4. The van der Waals surface area contributed by atoms with Crippen LogP contribution in [0.25, 0.3) is 0 Å². The number of amides is 1. The molecule has 1 aliphatic heterocycles. The number of aryl methyl sites for hydroxylation is 1.